The van der Waals surface area contributed by atoms with E-state index in [1.54, 1.807) is 17.1 Å². The summed E-state index contributed by atoms with van der Waals surface area (Å²) >= 11 is 0. The minimum absolute atomic E-state index is 0.0601. The summed E-state index contributed by atoms with van der Waals surface area (Å²) in [6, 6.07) is 7.94. The highest BCUT2D eigenvalue weighted by Gasteiger charge is 2.28. The summed E-state index contributed by atoms with van der Waals surface area (Å²) in [7, 11) is 1.85. The van der Waals surface area contributed by atoms with Crippen molar-refractivity contribution in [2.75, 3.05) is 12.8 Å². The summed E-state index contributed by atoms with van der Waals surface area (Å²) in [6.07, 6.45) is 5.67. The Bertz CT molecular complexity index is 422. The van der Waals surface area contributed by atoms with Gasteiger partial charge in [-0.15, -0.1) is 0 Å². The molecule has 0 unspecified atom stereocenters. The van der Waals surface area contributed by atoms with E-state index in [9.17, 15) is 4.79 Å². The van der Waals surface area contributed by atoms with Crippen molar-refractivity contribution in [2.24, 2.45) is 0 Å². The first-order valence-corrected chi connectivity index (χ1v) is 5.47. The summed E-state index contributed by atoms with van der Waals surface area (Å²) < 4.78 is 0. The van der Waals surface area contributed by atoms with E-state index in [0.29, 0.717) is 11.7 Å². The number of rotatable bonds is 3. The lowest BCUT2D eigenvalue weighted by molar-refractivity contribution is -0.125. The van der Waals surface area contributed by atoms with Gasteiger partial charge in [0.25, 0.3) is 0 Å². The maximum atomic E-state index is 11.7. The van der Waals surface area contributed by atoms with E-state index in [1.807, 2.05) is 31.3 Å². The molecule has 16 heavy (non-hydrogen) atoms. The number of nitrogens with zero attached hydrogens (tertiary/aromatic N) is 1. The van der Waals surface area contributed by atoms with E-state index in [1.165, 1.54) is 0 Å². The first-order valence-electron chi connectivity index (χ1n) is 5.47. The van der Waals surface area contributed by atoms with Gasteiger partial charge in [0.15, 0.2) is 0 Å². The topological polar surface area (TPSA) is 46.3 Å². The molecule has 0 aromatic heterocycles. The van der Waals surface area contributed by atoms with Gasteiger partial charge in [0.1, 0.15) is 0 Å². The molecule has 0 aliphatic heterocycles. The molecular weight excluding hydrogens is 200 g/mol. The van der Waals surface area contributed by atoms with Crippen LogP contribution in [-0.4, -0.2) is 23.9 Å². The largest absolute Gasteiger partial charge is 0.399 e. The molecule has 1 amide bonds. The predicted molar refractivity (Wildman–Crippen MR) is 65.7 cm³/mol. The standard InChI is InChI=1S/C13H16N2O/c1-15(12-6-7-12)13(16)8-5-10-3-2-4-11(14)9-10/h2-5,8-9,12H,6-7,14H2,1H3/b8-5+. The number of hydrogen-bond acceptors (Lipinski definition) is 2. The van der Waals surface area contributed by atoms with Crippen molar-refractivity contribution in [3.8, 4) is 0 Å². The van der Waals surface area contributed by atoms with Crippen molar-refractivity contribution in [3.05, 3.63) is 35.9 Å². The fourth-order valence-electron chi connectivity index (χ4n) is 1.59. The zero-order valence-electron chi connectivity index (χ0n) is 9.39. The molecule has 2 rings (SSSR count). The third-order valence-corrected chi connectivity index (χ3v) is 2.77. The van der Waals surface area contributed by atoms with Gasteiger partial charge in [-0.25, -0.2) is 0 Å². The molecule has 84 valence electrons. The minimum Gasteiger partial charge on any atom is -0.399 e. The first kappa shape index (κ1) is 10.7. The highest BCUT2D eigenvalue weighted by molar-refractivity contribution is 5.92. The van der Waals surface area contributed by atoms with Crippen molar-refractivity contribution in [1.82, 2.24) is 4.90 Å². The molecule has 1 aromatic carbocycles. The number of carbonyl (C=O) groups is 1. The fraction of sp³-hybridized carbons (Fsp3) is 0.308. The minimum atomic E-state index is 0.0601. The van der Waals surface area contributed by atoms with Gasteiger partial charge >= 0.3 is 0 Å². The highest BCUT2D eigenvalue weighted by Crippen LogP contribution is 2.25. The number of amides is 1. The molecule has 0 bridgehead atoms. The van der Waals surface area contributed by atoms with Crippen molar-refractivity contribution in [1.29, 1.82) is 0 Å². The number of likely N-dealkylation sites (N-methyl/N-ethyl adjacent to an activating group) is 1. The fourth-order valence-corrected chi connectivity index (χ4v) is 1.59. The molecule has 0 radical (unpaired) electrons. The average Bonchev–Trinajstić information content (AvgIpc) is 3.09. The Morgan fingerprint density at radius 1 is 1.50 bits per heavy atom. The van der Waals surface area contributed by atoms with Crippen LogP contribution in [0.3, 0.4) is 0 Å². The third-order valence-electron chi connectivity index (χ3n) is 2.77. The lowest BCUT2D eigenvalue weighted by Gasteiger charge is -2.12. The lowest BCUT2D eigenvalue weighted by atomic mass is 10.2. The quantitative estimate of drug-likeness (QED) is 0.619. The number of anilines is 1. The molecule has 3 nitrogen and oxygen atoms in total. The monoisotopic (exact) mass is 216 g/mol. The van der Waals surface area contributed by atoms with Crippen LogP contribution in [0.4, 0.5) is 5.69 Å². The van der Waals surface area contributed by atoms with Crippen LogP contribution in [0.2, 0.25) is 0 Å². The van der Waals surface area contributed by atoms with E-state index in [-0.39, 0.29) is 5.91 Å². The van der Waals surface area contributed by atoms with Gasteiger partial charge in [-0.3, -0.25) is 4.79 Å². The zero-order valence-corrected chi connectivity index (χ0v) is 9.39. The van der Waals surface area contributed by atoms with E-state index in [0.717, 1.165) is 18.4 Å². The molecule has 0 heterocycles. The summed E-state index contributed by atoms with van der Waals surface area (Å²) in [5.41, 5.74) is 7.32. The van der Waals surface area contributed by atoms with Crippen molar-refractivity contribution in [3.63, 3.8) is 0 Å². The van der Waals surface area contributed by atoms with Gasteiger partial charge < -0.3 is 10.6 Å². The first-order chi connectivity index (χ1) is 7.66. The van der Waals surface area contributed by atoms with Gasteiger partial charge in [0.05, 0.1) is 0 Å². The van der Waals surface area contributed by atoms with Gasteiger partial charge in [-0.05, 0) is 36.6 Å². The second kappa shape index (κ2) is 4.39. The predicted octanol–water partition coefficient (Wildman–Crippen LogP) is 1.90. The second-order valence-corrected chi connectivity index (χ2v) is 4.18. The molecule has 1 saturated carbocycles. The van der Waals surface area contributed by atoms with Crippen LogP contribution in [0.1, 0.15) is 18.4 Å². The normalized spacial score (nSPS) is 15.3. The van der Waals surface area contributed by atoms with E-state index in [4.69, 9.17) is 5.73 Å². The van der Waals surface area contributed by atoms with Gasteiger partial charge in [-0.1, -0.05) is 12.1 Å². The highest BCUT2D eigenvalue weighted by atomic mass is 16.2. The molecule has 1 fully saturated rings. The SMILES string of the molecule is CN(C(=O)/C=C/c1cccc(N)c1)C1CC1. The summed E-state index contributed by atoms with van der Waals surface area (Å²) in [4.78, 5) is 13.5. The van der Waals surface area contributed by atoms with Gasteiger partial charge in [0.2, 0.25) is 5.91 Å². The van der Waals surface area contributed by atoms with Crippen molar-refractivity contribution in [2.45, 2.75) is 18.9 Å². The number of nitrogen functional groups attached to an aromatic ring is 1. The number of carbonyl (C=O) groups excluding carboxylic acids is 1. The smallest absolute Gasteiger partial charge is 0.246 e. The average molecular weight is 216 g/mol. The van der Waals surface area contributed by atoms with Crippen LogP contribution < -0.4 is 5.73 Å². The number of hydrogen-bond donors (Lipinski definition) is 1. The van der Waals surface area contributed by atoms with Crippen LogP contribution in [0, 0.1) is 0 Å². The molecule has 1 aliphatic carbocycles. The Morgan fingerprint density at radius 3 is 2.88 bits per heavy atom. The molecule has 0 atom stereocenters. The Hall–Kier alpha value is -1.77. The van der Waals surface area contributed by atoms with Gasteiger partial charge in [0, 0.05) is 24.9 Å². The second-order valence-electron chi connectivity index (χ2n) is 4.18. The Kier molecular flexibility index (Phi) is 2.95. The van der Waals surface area contributed by atoms with E-state index in [2.05, 4.69) is 0 Å². The molecule has 0 spiro atoms. The van der Waals surface area contributed by atoms with Crippen LogP contribution in [0.5, 0.6) is 0 Å². The Labute approximate surface area is 95.6 Å². The van der Waals surface area contributed by atoms with Crippen molar-refractivity contribution < 1.29 is 4.79 Å². The van der Waals surface area contributed by atoms with Crippen molar-refractivity contribution >= 4 is 17.7 Å². The van der Waals surface area contributed by atoms with Crippen LogP contribution in [0.15, 0.2) is 30.3 Å². The molecular formula is C13H16N2O. The van der Waals surface area contributed by atoms with Crippen LogP contribution in [0.25, 0.3) is 6.08 Å². The summed E-state index contributed by atoms with van der Waals surface area (Å²) in [5, 5.41) is 0. The maximum absolute atomic E-state index is 11.7. The van der Waals surface area contributed by atoms with Crippen LogP contribution in [-0.2, 0) is 4.79 Å². The van der Waals surface area contributed by atoms with Gasteiger partial charge in [-0.2, -0.15) is 0 Å². The van der Waals surface area contributed by atoms with Crippen LogP contribution >= 0.6 is 0 Å². The molecule has 3 heteroatoms. The molecule has 1 aromatic rings. The Morgan fingerprint density at radius 2 is 2.25 bits per heavy atom. The summed E-state index contributed by atoms with van der Waals surface area (Å²) in [6.45, 7) is 0. The van der Waals surface area contributed by atoms with E-state index < -0.39 is 0 Å². The molecule has 0 saturated heterocycles. The maximum Gasteiger partial charge on any atom is 0.246 e. The molecule has 1 aliphatic rings. The van der Waals surface area contributed by atoms with E-state index >= 15 is 0 Å². The number of nitrogens with two attached hydrogens (primary N) is 1. The summed E-state index contributed by atoms with van der Waals surface area (Å²) in [5.74, 6) is 0.0601. The third kappa shape index (κ3) is 2.63. The number of benzene rings is 1. The Balaban J connectivity index is 2.00. The lowest BCUT2D eigenvalue weighted by Crippen LogP contribution is -2.26. The molecule has 2 N–H and O–H groups in total. The zero-order chi connectivity index (χ0) is 11.5.